The number of benzene rings is 1. The Morgan fingerprint density at radius 1 is 1.44 bits per heavy atom. The van der Waals surface area contributed by atoms with E-state index in [9.17, 15) is 4.79 Å². The minimum absolute atomic E-state index is 0.0330. The Morgan fingerprint density at radius 3 is 2.67 bits per heavy atom. The van der Waals surface area contributed by atoms with Crippen molar-refractivity contribution in [3.8, 4) is 0 Å². The van der Waals surface area contributed by atoms with E-state index in [-0.39, 0.29) is 11.9 Å². The second kappa shape index (κ2) is 5.35. The van der Waals surface area contributed by atoms with Gasteiger partial charge in [-0.25, -0.2) is 0 Å². The van der Waals surface area contributed by atoms with Crippen molar-refractivity contribution in [2.45, 2.75) is 19.4 Å². The highest BCUT2D eigenvalue weighted by molar-refractivity contribution is 7.80. The van der Waals surface area contributed by atoms with Crippen molar-refractivity contribution in [2.24, 2.45) is 5.73 Å². The summed E-state index contributed by atoms with van der Waals surface area (Å²) in [5.74, 6) is 0.0330. The van der Waals surface area contributed by atoms with Gasteiger partial charge in [0.1, 0.15) is 4.99 Å². The smallest absolute Gasteiger partial charge is 0.217 e. The Hall–Kier alpha value is -1.62. The van der Waals surface area contributed by atoms with Gasteiger partial charge in [-0.05, 0) is 30.7 Å². The van der Waals surface area contributed by atoms with Crippen molar-refractivity contribution in [1.29, 1.82) is 0 Å². The molecule has 1 atom stereocenters. The van der Waals surface area contributed by atoms with Crippen LogP contribution < -0.4 is 16.0 Å². The molecular weight excluding hydrogens is 246 g/mol. The maximum Gasteiger partial charge on any atom is 0.217 e. The van der Waals surface area contributed by atoms with Gasteiger partial charge in [-0.3, -0.25) is 4.79 Å². The van der Waals surface area contributed by atoms with Crippen LogP contribution in [0, 0.1) is 0 Å². The number of nitrogens with zero attached hydrogens (tertiary/aromatic N) is 1. The number of carbonyl (C=O) groups is 1. The van der Waals surface area contributed by atoms with Gasteiger partial charge in [-0.15, -0.1) is 0 Å². The molecule has 1 aromatic rings. The number of amides is 1. The van der Waals surface area contributed by atoms with Crippen molar-refractivity contribution in [3.63, 3.8) is 0 Å². The zero-order valence-electron chi connectivity index (χ0n) is 10.3. The second-order valence-electron chi connectivity index (χ2n) is 4.54. The van der Waals surface area contributed by atoms with E-state index in [1.165, 1.54) is 0 Å². The third-order valence-corrected chi connectivity index (χ3v) is 3.35. The fraction of sp³-hybridized carbons (Fsp3) is 0.385. The molecule has 1 aliphatic rings. The number of carbonyl (C=O) groups excluding carboxylic acids is 1. The summed E-state index contributed by atoms with van der Waals surface area (Å²) in [7, 11) is 0. The van der Waals surface area contributed by atoms with Crippen LogP contribution in [0.2, 0.25) is 0 Å². The van der Waals surface area contributed by atoms with Gasteiger partial charge in [0, 0.05) is 37.3 Å². The molecule has 18 heavy (non-hydrogen) atoms. The molecule has 1 unspecified atom stereocenters. The molecular formula is C13H17N3OS. The molecule has 5 heteroatoms. The number of anilines is 1. The molecule has 1 aliphatic heterocycles. The molecule has 3 N–H and O–H groups in total. The van der Waals surface area contributed by atoms with Crippen molar-refractivity contribution >= 4 is 28.8 Å². The summed E-state index contributed by atoms with van der Waals surface area (Å²) >= 11 is 4.92. The van der Waals surface area contributed by atoms with Crippen LogP contribution in [-0.4, -0.2) is 30.0 Å². The lowest BCUT2D eigenvalue weighted by Gasteiger charge is -2.19. The number of nitrogens with two attached hydrogens (primary N) is 1. The molecule has 96 valence electrons. The number of nitrogens with one attached hydrogen (secondary N) is 1. The predicted molar refractivity (Wildman–Crippen MR) is 76.8 cm³/mol. The second-order valence-corrected chi connectivity index (χ2v) is 4.98. The molecule has 1 amide bonds. The molecule has 1 heterocycles. The van der Waals surface area contributed by atoms with E-state index in [2.05, 4.69) is 10.2 Å². The average molecular weight is 263 g/mol. The molecule has 0 radical (unpaired) electrons. The highest BCUT2D eigenvalue weighted by Crippen LogP contribution is 2.20. The van der Waals surface area contributed by atoms with Crippen molar-refractivity contribution in [1.82, 2.24) is 5.32 Å². The summed E-state index contributed by atoms with van der Waals surface area (Å²) in [6.07, 6.45) is 0.983. The molecule has 1 fully saturated rings. The molecule has 2 rings (SSSR count). The Kier molecular flexibility index (Phi) is 3.81. The van der Waals surface area contributed by atoms with Crippen LogP contribution in [0.1, 0.15) is 18.9 Å². The van der Waals surface area contributed by atoms with Gasteiger partial charge in [0.25, 0.3) is 0 Å². The summed E-state index contributed by atoms with van der Waals surface area (Å²) in [6, 6.07) is 8.15. The normalized spacial score (nSPS) is 18.7. The van der Waals surface area contributed by atoms with Crippen LogP contribution >= 0.6 is 12.2 Å². The molecule has 0 aliphatic carbocycles. The summed E-state index contributed by atoms with van der Waals surface area (Å²) in [5, 5.41) is 2.95. The van der Waals surface area contributed by atoms with Crippen molar-refractivity contribution in [3.05, 3.63) is 29.8 Å². The minimum atomic E-state index is 0.0330. The average Bonchev–Trinajstić information content (AvgIpc) is 2.76. The monoisotopic (exact) mass is 263 g/mol. The lowest BCUT2D eigenvalue weighted by Crippen LogP contribution is -2.35. The maximum absolute atomic E-state index is 11.0. The van der Waals surface area contributed by atoms with Crippen LogP contribution in [0.3, 0.4) is 0 Å². The van der Waals surface area contributed by atoms with Gasteiger partial charge in [0.2, 0.25) is 5.91 Å². The molecule has 0 aromatic heterocycles. The minimum Gasteiger partial charge on any atom is -0.389 e. The number of rotatable bonds is 3. The van der Waals surface area contributed by atoms with Gasteiger partial charge in [-0.2, -0.15) is 0 Å². The lowest BCUT2D eigenvalue weighted by molar-refractivity contribution is -0.119. The van der Waals surface area contributed by atoms with E-state index in [0.29, 0.717) is 4.99 Å². The number of hydrogen-bond acceptors (Lipinski definition) is 3. The first-order valence-electron chi connectivity index (χ1n) is 5.98. The Morgan fingerprint density at radius 2 is 2.11 bits per heavy atom. The summed E-state index contributed by atoms with van der Waals surface area (Å²) in [4.78, 5) is 13.7. The van der Waals surface area contributed by atoms with E-state index >= 15 is 0 Å². The zero-order chi connectivity index (χ0) is 13.1. The summed E-state index contributed by atoms with van der Waals surface area (Å²) < 4.78 is 0. The molecule has 0 spiro atoms. The van der Waals surface area contributed by atoms with Crippen LogP contribution in [-0.2, 0) is 4.79 Å². The van der Waals surface area contributed by atoms with Gasteiger partial charge in [0.05, 0.1) is 0 Å². The first-order valence-corrected chi connectivity index (χ1v) is 6.39. The molecule has 4 nitrogen and oxygen atoms in total. The third-order valence-electron chi connectivity index (χ3n) is 3.11. The van der Waals surface area contributed by atoms with E-state index in [1.807, 2.05) is 24.3 Å². The summed E-state index contributed by atoms with van der Waals surface area (Å²) in [5.41, 5.74) is 7.59. The third kappa shape index (κ3) is 2.98. The Labute approximate surface area is 112 Å². The quantitative estimate of drug-likeness (QED) is 0.800. The van der Waals surface area contributed by atoms with Crippen LogP contribution in [0.25, 0.3) is 0 Å². The number of hydrogen-bond donors (Lipinski definition) is 2. The standard InChI is InChI=1S/C13H17N3OS/c1-9(17)15-11-6-7-16(8-11)12-4-2-10(3-5-12)13(14)18/h2-5,11H,6-8H2,1H3,(H2,14,18)(H,15,17). The van der Waals surface area contributed by atoms with Gasteiger partial charge in [0.15, 0.2) is 0 Å². The largest absolute Gasteiger partial charge is 0.389 e. The van der Waals surface area contributed by atoms with Gasteiger partial charge in [-0.1, -0.05) is 12.2 Å². The molecule has 1 saturated heterocycles. The predicted octanol–water partition coefficient (Wildman–Crippen LogP) is 1.04. The number of thiocarbonyl (C=S) groups is 1. The van der Waals surface area contributed by atoms with Crippen molar-refractivity contribution in [2.75, 3.05) is 18.0 Å². The Bertz CT molecular complexity index is 458. The van der Waals surface area contributed by atoms with Crippen LogP contribution in [0.4, 0.5) is 5.69 Å². The maximum atomic E-state index is 11.0. The lowest BCUT2D eigenvalue weighted by atomic mass is 10.2. The van der Waals surface area contributed by atoms with E-state index in [0.717, 1.165) is 30.8 Å². The zero-order valence-corrected chi connectivity index (χ0v) is 11.2. The van der Waals surface area contributed by atoms with Crippen molar-refractivity contribution < 1.29 is 4.79 Å². The topological polar surface area (TPSA) is 58.4 Å². The fourth-order valence-corrected chi connectivity index (χ4v) is 2.37. The highest BCUT2D eigenvalue weighted by Gasteiger charge is 2.22. The van der Waals surface area contributed by atoms with Crippen LogP contribution in [0.15, 0.2) is 24.3 Å². The molecule has 0 saturated carbocycles. The van der Waals surface area contributed by atoms with Gasteiger partial charge < -0.3 is 16.0 Å². The fourth-order valence-electron chi connectivity index (χ4n) is 2.24. The van der Waals surface area contributed by atoms with Gasteiger partial charge >= 0.3 is 0 Å². The van der Waals surface area contributed by atoms with Crippen LogP contribution in [0.5, 0.6) is 0 Å². The van der Waals surface area contributed by atoms with E-state index in [1.54, 1.807) is 6.92 Å². The summed E-state index contributed by atoms with van der Waals surface area (Å²) in [6.45, 7) is 3.36. The molecule has 1 aromatic carbocycles. The first kappa shape index (κ1) is 12.8. The Balaban J connectivity index is 2.01. The SMILES string of the molecule is CC(=O)NC1CCN(c2ccc(C(N)=S)cc2)C1. The molecule has 0 bridgehead atoms. The highest BCUT2D eigenvalue weighted by atomic mass is 32.1. The van der Waals surface area contributed by atoms with E-state index in [4.69, 9.17) is 18.0 Å². The first-order chi connectivity index (χ1) is 8.56. The van der Waals surface area contributed by atoms with E-state index < -0.39 is 0 Å².